The summed E-state index contributed by atoms with van der Waals surface area (Å²) in [5.41, 5.74) is 4.44. The minimum Gasteiger partial charge on any atom is -0.467 e. The van der Waals surface area contributed by atoms with Gasteiger partial charge in [-0.25, -0.2) is 9.07 Å². The van der Waals surface area contributed by atoms with Gasteiger partial charge in [0, 0.05) is 29.6 Å². The number of aromatic amines is 1. The Kier molecular flexibility index (Phi) is 6.24. The normalized spacial score (nSPS) is 11.5. The van der Waals surface area contributed by atoms with Gasteiger partial charge in [0.25, 0.3) is 5.56 Å². The van der Waals surface area contributed by atoms with E-state index < -0.39 is 0 Å². The predicted molar refractivity (Wildman–Crippen MR) is 129 cm³/mol. The third-order valence-corrected chi connectivity index (χ3v) is 5.96. The number of nitrogens with one attached hydrogen (secondary N) is 1. The summed E-state index contributed by atoms with van der Waals surface area (Å²) in [6, 6.07) is 16.1. The molecule has 3 aromatic heterocycles. The van der Waals surface area contributed by atoms with Gasteiger partial charge in [0.1, 0.15) is 18.1 Å². The Balaban J connectivity index is 1.46. The van der Waals surface area contributed by atoms with E-state index in [4.69, 9.17) is 4.42 Å². The number of hydrogen-bond donors (Lipinski definition) is 1. The summed E-state index contributed by atoms with van der Waals surface area (Å²) in [6.45, 7) is 5.68. The number of benzene rings is 2. The van der Waals surface area contributed by atoms with Crippen LogP contribution in [-0.4, -0.2) is 30.1 Å². The van der Waals surface area contributed by atoms with E-state index in [9.17, 15) is 9.18 Å². The molecule has 0 aliphatic heterocycles. The minimum atomic E-state index is -0.292. The third kappa shape index (κ3) is 5.20. The Morgan fingerprint density at radius 3 is 2.66 bits per heavy atom. The molecule has 178 valence electrons. The fourth-order valence-corrected chi connectivity index (χ4v) is 4.30. The number of fused-ring (bicyclic) bond motifs is 1. The van der Waals surface area contributed by atoms with Gasteiger partial charge in [-0.1, -0.05) is 18.2 Å². The smallest absolute Gasteiger partial charge is 0.252 e. The van der Waals surface area contributed by atoms with Crippen molar-refractivity contribution >= 4 is 10.9 Å². The van der Waals surface area contributed by atoms with Crippen LogP contribution < -0.4 is 5.56 Å². The lowest BCUT2D eigenvalue weighted by Gasteiger charge is -2.22. The lowest BCUT2D eigenvalue weighted by Crippen LogP contribution is -2.28. The molecule has 0 aliphatic carbocycles. The van der Waals surface area contributed by atoms with Crippen LogP contribution in [0.2, 0.25) is 0 Å². The molecule has 35 heavy (non-hydrogen) atoms. The SMILES string of the molecule is Cc1cc(C)c2cc(CN(Cc3ccc(F)cc3)Cc3nnnn3Cc3ccco3)c(=O)[nH]c2c1. The zero-order valence-corrected chi connectivity index (χ0v) is 19.5. The highest BCUT2D eigenvalue weighted by molar-refractivity contribution is 5.83. The van der Waals surface area contributed by atoms with Crippen LogP contribution in [0.25, 0.3) is 10.9 Å². The summed E-state index contributed by atoms with van der Waals surface area (Å²) in [4.78, 5) is 18.1. The van der Waals surface area contributed by atoms with Crippen LogP contribution in [-0.2, 0) is 26.2 Å². The quantitative estimate of drug-likeness (QED) is 0.365. The highest BCUT2D eigenvalue weighted by atomic mass is 19.1. The molecule has 0 atom stereocenters. The van der Waals surface area contributed by atoms with E-state index >= 15 is 0 Å². The van der Waals surface area contributed by atoms with Crippen LogP contribution >= 0.6 is 0 Å². The summed E-state index contributed by atoms with van der Waals surface area (Å²) in [5.74, 6) is 1.08. The maximum atomic E-state index is 13.5. The van der Waals surface area contributed by atoms with E-state index in [1.807, 2.05) is 38.1 Å². The Hall–Kier alpha value is -4.11. The van der Waals surface area contributed by atoms with Gasteiger partial charge >= 0.3 is 0 Å². The van der Waals surface area contributed by atoms with Crippen molar-refractivity contribution in [2.75, 3.05) is 0 Å². The van der Waals surface area contributed by atoms with Crippen molar-refractivity contribution in [3.63, 3.8) is 0 Å². The highest BCUT2D eigenvalue weighted by Gasteiger charge is 2.17. The van der Waals surface area contributed by atoms with Crippen LogP contribution in [0.15, 0.2) is 70.1 Å². The summed E-state index contributed by atoms with van der Waals surface area (Å²) < 4.78 is 20.6. The first-order chi connectivity index (χ1) is 16.9. The number of aryl methyl sites for hydroxylation is 2. The Labute approximate surface area is 201 Å². The van der Waals surface area contributed by atoms with Crippen LogP contribution in [0.4, 0.5) is 4.39 Å². The van der Waals surface area contributed by atoms with Crippen molar-refractivity contribution in [2.45, 2.75) is 40.0 Å². The van der Waals surface area contributed by atoms with Gasteiger partial charge in [-0.2, -0.15) is 0 Å². The zero-order chi connectivity index (χ0) is 24.4. The zero-order valence-electron chi connectivity index (χ0n) is 19.5. The van der Waals surface area contributed by atoms with Crippen molar-refractivity contribution in [2.24, 2.45) is 0 Å². The van der Waals surface area contributed by atoms with Gasteiger partial charge in [-0.05, 0) is 77.4 Å². The molecule has 5 aromatic rings. The number of aromatic nitrogens is 5. The van der Waals surface area contributed by atoms with Gasteiger partial charge in [0.15, 0.2) is 5.82 Å². The molecule has 8 nitrogen and oxygen atoms in total. The standard InChI is InChI=1S/C26H25FN6O2/c1-17-10-18(2)23-12-20(26(34)28-24(23)11-17)14-32(13-19-5-7-21(27)8-6-19)16-25-29-30-31-33(25)15-22-4-3-9-35-22/h3-12H,13-16H2,1-2H3,(H,28,34). The molecule has 0 bridgehead atoms. The van der Waals surface area contributed by atoms with E-state index in [1.54, 1.807) is 23.1 Å². The largest absolute Gasteiger partial charge is 0.467 e. The first kappa shape index (κ1) is 22.7. The number of H-pyrrole nitrogens is 1. The Bertz CT molecular complexity index is 1510. The van der Waals surface area contributed by atoms with Crippen molar-refractivity contribution in [3.8, 4) is 0 Å². The van der Waals surface area contributed by atoms with Gasteiger partial charge in [0.2, 0.25) is 0 Å². The van der Waals surface area contributed by atoms with E-state index in [-0.39, 0.29) is 11.4 Å². The summed E-state index contributed by atoms with van der Waals surface area (Å²) >= 11 is 0. The van der Waals surface area contributed by atoms with Gasteiger partial charge < -0.3 is 9.40 Å². The van der Waals surface area contributed by atoms with Crippen molar-refractivity contribution in [1.29, 1.82) is 0 Å². The lowest BCUT2D eigenvalue weighted by atomic mass is 10.0. The van der Waals surface area contributed by atoms with Gasteiger partial charge in [-0.15, -0.1) is 5.10 Å². The number of tetrazole rings is 1. The monoisotopic (exact) mass is 472 g/mol. The molecule has 0 aliphatic rings. The van der Waals surface area contributed by atoms with Crippen molar-refractivity contribution in [1.82, 2.24) is 30.1 Å². The van der Waals surface area contributed by atoms with E-state index in [0.29, 0.717) is 37.6 Å². The molecule has 0 saturated heterocycles. The molecule has 5 rings (SSSR count). The van der Waals surface area contributed by atoms with E-state index in [1.165, 1.54) is 12.1 Å². The molecule has 0 fully saturated rings. The average molecular weight is 473 g/mol. The van der Waals surface area contributed by atoms with E-state index in [2.05, 4.69) is 31.5 Å². The van der Waals surface area contributed by atoms with Crippen molar-refractivity contribution < 1.29 is 8.81 Å². The lowest BCUT2D eigenvalue weighted by molar-refractivity contribution is 0.235. The number of halogens is 1. The molecule has 0 spiro atoms. The average Bonchev–Trinajstić information content (AvgIpc) is 3.49. The third-order valence-electron chi connectivity index (χ3n) is 5.96. The van der Waals surface area contributed by atoms with Crippen LogP contribution in [0.1, 0.15) is 33.8 Å². The second kappa shape index (κ2) is 9.63. The molecule has 2 aromatic carbocycles. The number of rotatable bonds is 8. The molecule has 0 radical (unpaired) electrons. The van der Waals surface area contributed by atoms with Crippen LogP contribution in [0.3, 0.4) is 0 Å². The molecule has 0 saturated carbocycles. The molecule has 3 heterocycles. The first-order valence-electron chi connectivity index (χ1n) is 11.3. The molecular weight excluding hydrogens is 447 g/mol. The molecular formula is C26H25FN6O2. The molecule has 1 N–H and O–H groups in total. The predicted octanol–water partition coefficient (Wildman–Crippen LogP) is 4.11. The highest BCUT2D eigenvalue weighted by Crippen LogP contribution is 2.20. The fourth-order valence-electron chi connectivity index (χ4n) is 4.30. The van der Waals surface area contributed by atoms with Crippen LogP contribution in [0.5, 0.6) is 0 Å². The topological polar surface area (TPSA) is 92.8 Å². The van der Waals surface area contributed by atoms with E-state index in [0.717, 1.165) is 33.4 Å². The first-order valence-corrected chi connectivity index (χ1v) is 11.3. The second-order valence-corrected chi connectivity index (χ2v) is 8.77. The van der Waals surface area contributed by atoms with Gasteiger partial charge in [-0.3, -0.25) is 9.69 Å². The molecule has 9 heteroatoms. The van der Waals surface area contributed by atoms with Crippen LogP contribution in [0, 0.1) is 19.7 Å². The van der Waals surface area contributed by atoms with Gasteiger partial charge in [0.05, 0.1) is 12.8 Å². The maximum absolute atomic E-state index is 13.5. The number of pyridine rings is 1. The Morgan fingerprint density at radius 2 is 1.89 bits per heavy atom. The number of furan rings is 1. The van der Waals surface area contributed by atoms with Crippen molar-refractivity contribution in [3.05, 3.63) is 111 Å². The second-order valence-electron chi connectivity index (χ2n) is 8.77. The number of nitrogens with zero attached hydrogens (tertiary/aromatic N) is 5. The molecule has 0 amide bonds. The summed E-state index contributed by atoms with van der Waals surface area (Å²) in [7, 11) is 0. The fraction of sp³-hybridized carbons (Fsp3) is 0.231. The minimum absolute atomic E-state index is 0.137. The summed E-state index contributed by atoms with van der Waals surface area (Å²) in [6.07, 6.45) is 1.61. The summed E-state index contributed by atoms with van der Waals surface area (Å²) in [5, 5.41) is 13.1. The number of hydrogen-bond acceptors (Lipinski definition) is 6. The Morgan fingerprint density at radius 1 is 1.06 bits per heavy atom. The molecule has 0 unspecified atom stereocenters. The maximum Gasteiger partial charge on any atom is 0.252 e.